The molecule has 86 heavy (non-hydrogen) atoms. The van der Waals surface area contributed by atoms with Crippen molar-refractivity contribution >= 4 is 11.4 Å². The molecule has 16 N–H and O–H groups in total. The Bertz CT molecular complexity index is 3590. The van der Waals surface area contributed by atoms with E-state index in [1.807, 2.05) is 0 Å². The molecule has 0 aliphatic heterocycles. The van der Waals surface area contributed by atoms with Crippen molar-refractivity contribution in [3.8, 4) is 92.0 Å². The molecule has 18 heteroatoms. The molecule has 0 amide bonds. The summed E-state index contributed by atoms with van der Waals surface area (Å²) in [5.41, 5.74) is 3.85. The molecule has 2 aliphatic rings. The van der Waals surface area contributed by atoms with Gasteiger partial charge < -0.3 is 91.5 Å². The minimum absolute atomic E-state index is 0.0599. The van der Waals surface area contributed by atoms with Crippen molar-refractivity contribution in [2.45, 2.75) is 103 Å². The van der Waals surface area contributed by atoms with Crippen LogP contribution in [-0.2, 0) is 0 Å². The highest BCUT2D eigenvalue weighted by Crippen LogP contribution is 2.56. The van der Waals surface area contributed by atoms with E-state index in [2.05, 4.69) is 0 Å². The molecule has 2 aliphatic carbocycles. The van der Waals surface area contributed by atoms with E-state index in [1.165, 1.54) is 12.1 Å². The molecule has 0 aromatic heterocycles. The minimum Gasteiger partial charge on any atom is -0.508 e. The minimum atomic E-state index is -0.893. The highest BCUT2D eigenvalue weighted by atomic mass is 16.3. The Labute approximate surface area is 496 Å². The van der Waals surface area contributed by atoms with E-state index in [0.29, 0.717) is 22.3 Å². The lowest BCUT2D eigenvalue weighted by molar-refractivity contribution is 0.424. The molecule has 0 saturated carbocycles. The monoisotopic (exact) mass is 1170 g/mol. The summed E-state index contributed by atoms with van der Waals surface area (Å²) in [6.07, 6.45) is 0. The van der Waals surface area contributed by atoms with Crippen LogP contribution in [0.2, 0.25) is 0 Å². The summed E-state index contributed by atoms with van der Waals surface area (Å²) in [6.45, 7) is 13.6. The van der Waals surface area contributed by atoms with Crippen LogP contribution in [0.25, 0.3) is 0 Å². The molecule has 450 valence electrons. The lowest BCUT2D eigenvalue weighted by Gasteiger charge is -2.32. The molecule has 0 radical (unpaired) electrons. The first-order valence-corrected chi connectivity index (χ1v) is 28.4. The number of hydrogen-bond donors (Lipinski definition) is 16. The zero-order chi connectivity index (χ0) is 62.7. The number of nitrogens with zero attached hydrogens (tertiary/aromatic N) is 2. The van der Waals surface area contributed by atoms with Crippen LogP contribution in [0.4, 0.5) is 11.4 Å². The second-order valence-electron chi connectivity index (χ2n) is 23.6. The third-order valence-corrected chi connectivity index (χ3v) is 18.7. The standard InChI is InChI=1S/C68H72N2O16/c1-27-35-13-36(52(72)21-51(35)71)28(2)40-16-44(60(80)24-56(40)76)32(6)48-19-47(31(5)43-15-39(27)55(75)23-59(43)79)65(83)63(66(48)84)69(9)11-12-70(10)64-67(85)49-20-50(68(64)86)34(8)46-18-42(58(78)26-62(46)82)30(4)38-14-37(53(73)22-54(38)74)29(3)41-17-45(33(49)7)61(81)25-57(41)77/h13-34,71-86H,11-12H2,1-10H3. The van der Waals surface area contributed by atoms with Crippen molar-refractivity contribution in [2.75, 3.05) is 37.0 Å². The van der Waals surface area contributed by atoms with Gasteiger partial charge in [0.05, 0.1) is 0 Å². The van der Waals surface area contributed by atoms with Crippen LogP contribution >= 0.6 is 0 Å². The summed E-state index contributed by atoms with van der Waals surface area (Å²) in [7, 11) is 3.18. The van der Waals surface area contributed by atoms with Gasteiger partial charge in [0, 0.05) is 200 Å². The van der Waals surface area contributed by atoms with Gasteiger partial charge >= 0.3 is 0 Å². The van der Waals surface area contributed by atoms with Crippen LogP contribution in [0, 0.1) is 0 Å². The van der Waals surface area contributed by atoms with E-state index in [0.717, 1.165) is 24.3 Å². The summed E-state index contributed by atoms with van der Waals surface area (Å²) in [4.78, 5) is 3.09. The van der Waals surface area contributed by atoms with Crippen molar-refractivity contribution in [2.24, 2.45) is 0 Å². The van der Waals surface area contributed by atoms with E-state index in [4.69, 9.17) is 0 Å². The van der Waals surface area contributed by atoms with Gasteiger partial charge in [-0.3, -0.25) is 0 Å². The van der Waals surface area contributed by atoms with Crippen LogP contribution in [-0.4, -0.2) is 109 Å². The number of likely N-dealkylation sites (N-methyl/N-ethyl adjacent to an activating group) is 2. The maximum atomic E-state index is 12.6. The molecule has 18 nitrogen and oxygen atoms in total. The fourth-order valence-electron chi connectivity index (χ4n) is 13.1. The van der Waals surface area contributed by atoms with Gasteiger partial charge in [0.15, 0.2) is 0 Å². The maximum Gasteiger partial charge on any atom is 0.146 e. The first kappa shape index (κ1) is 59.3. The van der Waals surface area contributed by atoms with Crippen molar-refractivity contribution in [3.05, 3.63) is 174 Å². The van der Waals surface area contributed by atoms with Gasteiger partial charge in [-0.05, 0) is 48.5 Å². The largest absolute Gasteiger partial charge is 0.508 e. The van der Waals surface area contributed by atoms with Crippen LogP contribution in [0.5, 0.6) is 92.0 Å². The number of phenols is 16. The topological polar surface area (TPSA) is 330 Å². The van der Waals surface area contributed by atoms with E-state index in [9.17, 15) is 81.7 Å². The summed E-state index contributed by atoms with van der Waals surface area (Å²) >= 11 is 0. The average molecular weight is 1170 g/mol. The average Bonchev–Trinajstić information content (AvgIpc) is 0.884. The Kier molecular flexibility index (Phi) is 14.9. The number of phenolic OH excluding ortho intramolecular Hbond substituents is 16. The summed E-state index contributed by atoms with van der Waals surface area (Å²) in [6, 6.07) is 19.4. The molecule has 8 atom stereocenters. The molecular formula is C68H72N2O16. The fraction of sp³-hybridized carbons (Fsp3) is 0.294. The summed E-state index contributed by atoms with van der Waals surface area (Å²) in [5.74, 6) is -12.0. The Hall–Kier alpha value is -9.84. The van der Waals surface area contributed by atoms with Crippen LogP contribution in [0.15, 0.2) is 84.9 Å². The molecule has 16 bridgehead atoms. The number of fused-ring (bicyclic) bond motifs is 16. The second kappa shape index (κ2) is 21.7. The van der Waals surface area contributed by atoms with Gasteiger partial charge in [-0.15, -0.1) is 0 Å². The molecule has 10 rings (SSSR count). The molecule has 0 fully saturated rings. The van der Waals surface area contributed by atoms with Crippen molar-refractivity contribution in [1.82, 2.24) is 0 Å². The van der Waals surface area contributed by atoms with E-state index < -0.39 is 70.3 Å². The highest BCUT2D eigenvalue weighted by Gasteiger charge is 2.35. The lowest BCUT2D eigenvalue weighted by atomic mass is 9.80. The molecule has 8 unspecified atom stereocenters. The van der Waals surface area contributed by atoms with Gasteiger partial charge in [-0.2, -0.15) is 0 Å². The number of benzene rings is 8. The number of anilines is 2. The van der Waals surface area contributed by atoms with Gasteiger partial charge in [0.2, 0.25) is 0 Å². The first-order chi connectivity index (χ1) is 40.4. The normalized spacial score (nSPS) is 19.9. The number of rotatable bonds is 5. The predicted octanol–water partition coefficient (Wildman–Crippen LogP) is 12.4. The van der Waals surface area contributed by atoms with Crippen LogP contribution < -0.4 is 9.80 Å². The zero-order valence-electron chi connectivity index (χ0n) is 49.2. The van der Waals surface area contributed by atoms with Gasteiger partial charge in [0.1, 0.15) is 103 Å². The second-order valence-corrected chi connectivity index (χ2v) is 23.6. The SMILES string of the molecule is CC1c2cc(c(O)cc2O)C(C)c2cc(c(O)cc2O)C(C)c2cc(c(O)c(N(C)CCN(C)c3c(O)c4cc(c3O)C(C)c3cc(c(O)cc3O)C(C)c3cc(c(O)cc3O)C(C)c3cc(c(O)cc3O)C4C)c2O)C(C)c2cc1c(O)cc2O. The molecule has 0 saturated heterocycles. The van der Waals surface area contributed by atoms with Gasteiger partial charge in [-0.25, -0.2) is 0 Å². The fourth-order valence-corrected chi connectivity index (χ4v) is 13.1. The van der Waals surface area contributed by atoms with Gasteiger partial charge in [0.25, 0.3) is 0 Å². The number of hydrogen-bond acceptors (Lipinski definition) is 18. The Morgan fingerprint density at radius 2 is 0.326 bits per heavy atom. The quantitative estimate of drug-likeness (QED) is 0.0761. The first-order valence-electron chi connectivity index (χ1n) is 28.4. The molecule has 0 spiro atoms. The third kappa shape index (κ3) is 9.62. The Balaban J connectivity index is 1.11. The molecule has 8 aromatic carbocycles. The summed E-state index contributed by atoms with van der Waals surface area (Å²) in [5, 5.41) is 187. The van der Waals surface area contributed by atoms with E-state index in [1.54, 1.807) is 128 Å². The number of aromatic hydroxyl groups is 16. The highest BCUT2D eigenvalue weighted by molar-refractivity contribution is 5.77. The van der Waals surface area contributed by atoms with E-state index in [-0.39, 0.29) is 160 Å². The van der Waals surface area contributed by atoms with Crippen LogP contribution in [0.3, 0.4) is 0 Å². The van der Waals surface area contributed by atoms with Crippen molar-refractivity contribution in [1.29, 1.82) is 0 Å². The molecular weight excluding hydrogens is 1100 g/mol. The maximum absolute atomic E-state index is 12.6. The third-order valence-electron chi connectivity index (χ3n) is 18.7. The zero-order valence-corrected chi connectivity index (χ0v) is 49.2. The Morgan fingerprint density at radius 1 is 0.209 bits per heavy atom. The predicted molar refractivity (Wildman–Crippen MR) is 325 cm³/mol. The smallest absolute Gasteiger partial charge is 0.146 e. The molecule has 0 heterocycles. The van der Waals surface area contributed by atoms with Gasteiger partial charge in [-0.1, -0.05) is 55.4 Å². The van der Waals surface area contributed by atoms with Crippen molar-refractivity contribution in [3.63, 3.8) is 0 Å². The lowest BCUT2D eigenvalue weighted by Crippen LogP contribution is -2.31. The summed E-state index contributed by atoms with van der Waals surface area (Å²) < 4.78 is 0. The van der Waals surface area contributed by atoms with Crippen LogP contribution in [0.1, 0.15) is 192 Å². The molecule has 8 aromatic rings. The van der Waals surface area contributed by atoms with Crippen molar-refractivity contribution < 1.29 is 81.7 Å². The Morgan fingerprint density at radius 3 is 0.465 bits per heavy atom. The van der Waals surface area contributed by atoms with E-state index >= 15 is 0 Å².